The summed E-state index contributed by atoms with van der Waals surface area (Å²) < 4.78 is 0. The van der Waals surface area contributed by atoms with Gasteiger partial charge in [0, 0.05) is 4.90 Å². The number of benzene rings is 1. The molecule has 1 N–H and O–H groups in total. The summed E-state index contributed by atoms with van der Waals surface area (Å²) in [5, 5.41) is 14.5. The van der Waals surface area contributed by atoms with Crippen molar-refractivity contribution in [1.82, 2.24) is 15.4 Å². The largest absolute Gasteiger partial charge is 0.337 e. The van der Waals surface area contributed by atoms with Crippen LogP contribution in [0.4, 0.5) is 11.5 Å². The van der Waals surface area contributed by atoms with Crippen molar-refractivity contribution in [3.63, 3.8) is 0 Å². The molecule has 1 aromatic carbocycles. The fraction of sp³-hybridized carbons (Fsp3) is 0. The number of anilines is 2. The van der Waals surface area contributed by atoms with E-state index < -0.39 is 0 Å². The smallest absolute Gasteiger partial charge is 0.170 e. The number of nitrogens with zero attached hydrogens (tertiary/aromatic N) is 3. The molecule has 0 amide bonds. The molecule has 3 rings (SSSR count). The minimum Gasteiger partial charge on any atom is -0.337 e. The van der Waals surface area contributed by atoms with Crippen molar-refractivity contribution in [3.05, 3.63) is 30.5 Å². The fourth-order valence-electron chi connectivity index (χ4n) is 1.33. The number of hydrogen-bond acceptors (Lipinski definition) is 5. The lowest BCUT2D eigenvalue weighted by atomic mass is 10.3. The maximum atomic E-state index is 3.93. The number of hydrogen-bond donors (Lipinski definition) is 1. The van der Waals surface area contributed by atoms with Crippen molar-refractivity contribution in [2.75, 3.05) is 5.32 Å². The van der Waals surface area contributed by atoms with Gasteiger partial charge in [-0.2, -0.15) is 0 Å². The van der Waals surface area contributed by atoms with Gasteiger partial charge in [-0.05, 0) is 17.3 Å². The van der Waals surface area contributed by atoms with E-state index in [0.717, 1.165) is 16.4 Å². The van der Waals surface area contributed by atoms with Gasteiger partial charge >= 0.3 is 0 Å². The minimum absolute atomic E-state index is 0.781. The highest BCUT2D eigenvalue weighted by Gasteiger charge is 2.15. The first kappa shape index (κ1) is 7.75. The molecule has 14 heavy (non-hydrogen) atoms. The van der Waals surface area contributed by atoms with Gasteiger partial charge in [0.1, 0.15) is 0 Å². The van der Waals surface area contributed by atoms with Crippen LogP contribution in [0.1, 0.15) is 0 Å². The first-order chi connectivity index (χ1) is 6.93. The Bertz CT molecular complexity index is 398. The SMILES string of the molecule is c1ccc2c(c1)Nc1nnncc1S2. The molecule has 1 aliphatic rings. The molecule has 2 aromatic rings. The Hall–Kier alpha value is -1.62. The van der Waals surface area contributed by atoms with E-state index >= 15 is 0 Å². The van der Waals surface area contributed by atoms with Crippen LogP contribution in [0.25, 0.3) is 0 Å². The molecule has 0 bridgehead atoms. The summed E-state index contributed by atoms with van der Waals surface area (Å²) >= 11 is 1.65. The second kappa shape index (κ2) is 2.95. The molecule has 0 spiro atoms. The molecule has 1 aromatic heterocycles. The van der Waals surface area contributed by atoms with Crippen molar-refractivity contribution < 1.29 is 0 Å². The molecule has 0 atom stereocenters. The van der Waals surface area contributed by atoms with E-state index in [9.17, 15) is 0 Å². The van der Waals surface area contributed by atoms with Crippen LogP contribution in [-0.2, 0) is 0 Å². The lowest BCUT2D eigenvalue weighted by Gasteiger charge is -2.17. The maximum Gasteiger partial charge on any atom is 0.170 e. The Balaban J connectivity index is 2.12. The molecule has 5 heteroatoms. The number of para-hydroxylation sites is 1. The summed E-state index contributed by atoms with van der Waals surface area (Å²) in [6.07, 6.45) is 1.72. The van der Waals surface area contributed by atoms with Gasteiger partial charge in [-0.1, -0.05) is 23.9 Å². The average molecular weight is 202 g/mol. The number of fused-ring (bicyclic) bond motifs is 2. The van der Waals surface area contributed by atoms with Crippen LogP contribution in [0.5, 0.6) is 0 Å². The molecule has 0 unspecified atom stereocenters. The van der Waals surface area contributed by atoms with E-state index in [-0.39, 0.29) is 0 Å². The van der Waals surface area contributed by atoms with E-state index in [4.69, 9.17) is 0 Å². The highest BCUT2D eigenvalue weighted by atomic mass is 32.2. The monoisotopic (exact) mass is 202 g/mol. The van der Waals surface area contributed by atoms with Crippen LogP contribution in [0.3, 0.4) is 0 Å². The Morgan fingerprint density at radius 3 is 3.07 bits per heavy atom. The molecular formula is C9H6N4S. The summed E-state index contributed by atoms with van der Waals surface area (Å²) in [5.41, 5.74) is 1.07. The molecule has 0 aliphatic carbocycles. The average Bonchev–Trinajstić information content (AvgIpc) is 2.26. The van der Waals surface area contributed by atoms with Crippen molar-refractivity contribution >= 4 is 23.3 Å². The van der Waals surface area contributed by atoms with Crippen LogP contribution in [-0.4, -0.2) is 15.4 Å². The van der Waals surface area contributed by atoms with Gasteiger partial charge in [0.25, 0.3) is 0 Å². The minimum atomic E-state index is 0.781. The van der Waals surface area contributed by atoms with E-state index in [2.05, 4.69) is 26.8 Å². The third kappa shape index (κ3) is 1.13. The first-order valence-corrected chi connectivity index (χ1v) is 4.97. The summed E-state index contributed by atoms with van der Waals surface area (Å²) in [7, 11) is 0. The molecule has 68 valence electrons. The zero-order valence-electron chi connectivity index (χ0n) is 7.14. The van der Waals surface area contributed by atoms with Gasteiger partial charge in [0.2, 0.25) is 0 Å². The van der Waals surface area contributed by atoms with Crippen molar-refractivity contribution in [3.8, 4) is 0 Å². The first-order valence-electron chi connectivity index (χ1n) is 4.16. The fourth-order valence-corrected chi connectivity index (χ4v) is 2.23. The van der Waals surface area contributed by atoms with Gasteiger partial charge in [-0.15, -0.1) is 10.2 Å². The topological polar surface area (TPSA) is 50.7 Å². The van der Waals surface area contributed by atoms with Crippen LogP contribution in [0.2, 0.25) is 0 Å². The maximum absolute atomic E-state index is 3.93. The zero-order valence-corrected chi connectivity index (χ0v) is 7.95. The van der Waals surface area contributed by atoms with E-state index in [1.54, 1.807) is 18.0 Å². The van der Waals surface area contributed by atoms with Crippen LogP contribution in [0.15, 0.2) is 40.3 Å². The standard InChI is InChI=1S/C9H6N4S/c1-2-4-7-6(3-1)11-9-8(14-7)5-10-13-12-9/h1-5H,(H,10,11,12). The van der Waals surface area contributed by atoms with Gasteiger partial charge in [-0.3, -0.25) is 0 Å². The second-order valence-corrected chi connectivity index (χ2v) is 3.95. The number of rotatable bonds is 0. The molecule has 0 saturated carbocycles. The molecular weight excluding hydrogens is 196 g/mol. The summed E-state index contributed by atoms with van der Waals surface area (Å²) in [4.78, 5) is 2.20. The summed E-state index contributed by atoms with van der Waals surface area (Å²) in [5.74, 6) is 0.781. The molecule has 0 fully saturated rings. The van der Waals surface area contributed by atoms with Gasteiger partial charge in [0.15, 0.2) is 5.82 Å². The Morgan fingerprint density at radius 2 is 2.07 bits per heavy atom. The Kier molecular flexibility index (Phi) is 1.63. The van der Waals surface area contributed by atoms with Crippen molar-refractivity contribution in [2.24, 2.45) is 0 Å². The van der Waals surface area contributed by atoms with Crippen LogP contribution >= 0.6 is 11.8 Å². The normalized spacial score (nSPS) is 12.6. The van der Waals surface area contributed by atoms with Gasteiger partial charge in [-0.25, -0.2) is 0 Å². The molecule has 2 heterocycles. The predicted molar refractivity (Wildman–Crippen MR) is 53.7 cm³/mol. The molecule has 0 radical (unpaired) electrons. The number of aromatic nitrogens is 3. The van der Waals surface area contributed by atoms with Crippen molar-refractivity contribution in [1.29, 1.82) is 0 Å². The third-order valence-electron chi connectivity index (χ3n) is 1.96. The Labute approximate surface area is 84.8 Å². The quantitative estimate of drug-likeness (QED) is 0.604. The van der Waals surface area contributed by atoms with E-state index in [1.807, 2.05) is 18.2 Å². The highest BCUT2D eigenvalue weighted by Crippen LogP contribution is 2.41. The highest BCUT2D eigenvalue weighted by molar-refractivity contribution is 7.99. The van der Waals surface area contributed by atoms with Crippen LogP contribution < -0.4 is 5.32 Å². The van der Waals surface area contributed by atoms with Gasteiger partial charge in [0.05, 0.1) is 16.8 Å². The van der Waals surface area contributed by atoms with Gasteiger partial charge < -0.3 is 5.32 Å². The predicted octanol–water partition coefficient (Wildman–Crippen LogP) is 2.08. The van der Waals surface area contributed by atoms with E-state index in [0.29, 0.717) is 0 Å². The Morgan fingerprint density at radius 1 is 1.14 bits per heavy atom. The molecule has 0 saturated heterocycles. The summed E-state index contributed by atoms with van der Waals surface area (Å²) in [6.45, 7) is 0. The zero-order chi connectivity index (χ0) is 9.38. The molecule has 1 aliphatic heterocycles. The van der Waals surface area contributed by atoms with Crippen molar-refractivity contribution in [2.45, 2.75) is 9.79 Å². The van der Waals surface area contributed by atoms with E-state index in [1.165, 1.54) is 4.90 Å². The summed E-state index contributed by atoms with van der Waals surface area (Å²) in [6, 6.07) is 8.09. The van der Waals surface area contributed by atoms with Crippen LogP contribution in [0, 0.1) is 0 Å². The number of nitrogens with one attached hydrogen (secondary N) is 1. The molecule has 4 nitrogen and oxygen atoms in total. The lowest BCUT2D eigenvalue weighted by Crippen LogP contribution is -2.03. The second-order valence-electron chi connectivity index (χ2n) is 2.87. The lowest BCUT2D eigenvalue weighted by molar-refractivity contribution is 0.843. The third-order valence-corrected chi connectivity index (χ3v) is 3.06.